The number of carbonyl (C=O) groups excluding carboxylic acids is 5. The molecule has 0 unspecified atom stereocenters. The van der Waals surface area contributed by atoms with E-state index in [1.54, 1.807) is 6.07 Å². The summed E-state index contributed by atoms with van der Waals surface area (Å²) >= 11 is 0. The Morgan fingerprint density at radius 1 is 1.13 bits per heavy atom. The number of ketones is 3. The smallest absolute Gasteiger partial charge is 0.255 e. The number of nitrogens with one attached hydrogen (secondary N) is 1. The molecule has 0 heterocycles. The zero-order valence-electron chi connectivity index (χ0n) is 21.1. The summed E-state index contributed by atoms with van der Waals surface area (Å²) in [7, 11) is 3.05. The van der Waals surface area contributed by atoms with E-state index in [9.17, 15) is 44.4 Å². The molecular formula is C26H29N3O9. The first kappa shape index (κ1) is 27.0. The predicted octanol–water partition coefficient (Wildman–Crippen LogP) is 0.272. The van der Waals surface area contributed by atoms with E-state index in [-0.39, 0.29) is 48.3 Å². The molecule has 0 aliphatic heterocycles. The number of aliphatic hydroxyl groups is 3. The summed E-state index contributed by atoms with van der Waals surface area (Å²) in [4.78, 5) is 63.7. The molecule has 3 aliphatic carbocycles. The minimum absolute atomic E-state index is 0.00349. The van der Waals surface area contributed by atoms with Crippen LogP contribution in [0.5, 0.6) is 5.75 Å². The van der Waals surface area contributed by atoms with Gasteiger partial charge in [0.15, 0.2) is 11.4 Å². The van der Waals surface area contributed by atoms with Crippen molar-refractivity contribution >= 4 is 40.6 Å². The van der Waals surface area contributed by atoms with Crippen LogP contribution in [0.2, 0.25) is 0 Å². The number of primary amides is 1. The summed E-state index contributed by atoms with van der Waals surface area (Å²) in [6.45, 7) is 1.34. The van der Waals surface area contributed by atoms with E-state index in [1.807, 2.05) is 0 Å². The fourth-order valence-corrected chi connectivity index (χ4v) is 5.82. The van der Waals surface area contributed by atoms with Crippen LogP contribution in [0.3, 0.4) is 0 Å². The molecule has 1 saturated carbocycles. The monoisotopic (exact) mass is 527 g/mol. The molecule has 0 saturated heterocycles. The van der Waals surface area contributed by atoms with E-state index in [2.05, 4.69) is 5.32 Å². The lowest BCUT2D eigenvalue weighted by molar-refractivity contribution is -0.153. The second-order valence-corrected chi connectivity index (χ2v) is 10.2. The Bertz CT molecular complexity index is 1360. The van der Waals surface area contributed by atoms with Gasteiger partial charge in [-0.05, 0) is 51.4 Å². The van der Waals surface area contributed by atoms with Gasteiger partial charge >= 0.3 is 0 Å². The van der Waals surface area contributed by atoms with Gasteiger partial charge in [0.2, 0.25) is 11.7 Å². The first-order valence-electron chi connectivity index (χ1n) is 12.0. The molecule has 12 nitrogen and oxygen atoms in total. The number of aliphatic hydroxyl groups excluding tert-OH is 2. The van der Waals surface area contributed by atoms with E-state index in [1.165, 1.54) is 32.0 Å². The topological polar surface area (TPSA) is 208 Å². The van der Waals surface area contributed by atoms with Crippen LogP contribution in [0, 0.1) is 11.8 Å². The highest BCUT2D eigenvalue weighted by atomic mass is 16.3. The number of phenols is 1. The third kappa shape index (κ3) is 3.96. The number of hydrogen-bond acceptors (Lipinski definition) is 10. The lowest BCUT2D eigenvalue weighted by Crippen LogP contribution is -2.65. The minimum atomic E-state index is -2.72. The molecule has 1 aromatic rings. The Hall–Kier alpha value is -4.03. The molecule has 7 N–H and O–H groups in total. The Morgan fingerprint density at radius 3 is 2.37 bits per heavy atom. The zero-order valence-corrected chi connectivity index (χ0v) is 21.1. The van der Waals surface area contributed by atoms with E-state index in [4.69, 9.17) is 5.73 Å². The maximum absolute atomic E-state index is 13.8. The van der Waals surface area contributed by atoms with Crippen molar-refractivity contribution in [3.63, 3.8) is 0 Å². The van der Waals surface area contributed by atoms with Gasteiger partial charge in [-0.2, -0.15) is 0 Å². The summed E-state index contributed by atoms with van der Waals surface area (Å²) in [5, 5.41) is 47.0. The highest BCUT2D eigenvalue weighted by molar-refractivity contribution is 6.24. The first-order chi connectivity index (χ1) is 17.7. The van der Waals surface area contributed by atoms with E-state index < -0.39 is 69.7 Å². The molecule has 0 radical (unpaired) electrons. The van der Waals surface area contributed by atoms with Gasteiger partial charge < -0.3 is 36.3 Å². The quantitative estimate of drug-likeness (QED) is 0.220. The molecule has 4 atom stereocenters. The molecule has 1 aromatic carbocycles. The Labute approximate surface area is 217 Å². The van der Waals surface area contributed by atoms with Crippen LogP contribution in [0.4, 0.5) is 5.69 Å². The van der Waals surface area contributed by atoms with Crippen LogP contribution in [0.15, 0.2) is 29.0 Å². The van der Waals surface area contributed by atoms with Gasteiger partial charge in [0.05, 0.1) is 17.3 Å². The number of anilines is 1. The second kappa shape index (κ2) is 9.37. The molecule has 12 heteroatoms. The molecule has 0 aromatic heterocycles. The molecule has 1 fully saturated rings. The molecule has 38 heavy (non-hydrogen) atoms. The average Bonchev–Trinajstić information content (AvgIpc) is 2.81. The van der Waals surface area contributed by atoms with Crippen LogP contribution < -0.4 is 11.1 Å². The van der Waals surface area contributed by atoms with Crippen LogP contribution in [0.1, 0.15) is 37.3 Å². The Balaban J connectivity index is 1.82. The van der Waals surface area contributed by atoms with Crippen LogP contribution in [0.25, 0.3) is 5.76 Å². The Morgan fingerprint density at radius 2 is 1.79 bits per heavy atom. The number of Topliss-reactive ketones (excluding diaryl/α,β-unsaturated/α-hetero) is 3. The van der Waals surface area contributed by atoms with Crippen LogP contribution in [-0.2, 0) is 30.4 Å². The van der Waals surface area contributed by atoms with E-state index in [0.29, 0.717) is 5.56 Å². The SMILES string of the molecule is CC(=O)CCC(=O)Nc1ccc2c(c1O)C(O)=C1C(=O)[C@]3(O)C(O)=C(C(N)=O)C(=O)[C@@H](N(C)C)[C@@H]3C[C@@H]1C2. The lowest BCUT2D eigenvalue weighted by Gasteiger charge is -2.50. The van der Waals surface area contributed by atoms with E-state index >= 15 is 0 Å². The number of fused-ring (bicyclic) bond motifs is 3. The molecule has 4 rings (SSSR count). The number of likely N-dealkylation sites (N-methyl/N-ethyl adjacent to an activating group) is 1. The molecule has 202 valence electrons. The summed E-state index contributed by atoms with van der Waals surface area (Å²) in [5.41, 5.74) is 1.68. The van der Waals surface area contributed by atoms with Crippen molar-refractivity contribution in [3.05, 3.63) is 40.2 Å². The van der Waals surface area contributed by atoms with Crippen molar-refractivity contribution < 1.29 is 44.4 Å². The number of nitrogens with two attached hydrogens (primary N) is 1. The molecule has 3 aliphatic rings. The van der Waals surface area contributed by atoms with Gasteiger partial charge in [0, 0.05) is 24.3 Å². The van der Waals surface area contributed by atoms with Gasteiger partial charge in [-0.25, -0.2) is 0 Å². The second-order valence-electron chi connectivity index (χ2n) is 10.2. The third-order valence-electron chi connectivity index (χ3n) is 7.57. The summed E-state index contributed by atoms with van der Waals surface area (Å²) < 4.78 is 0. The number of amides is 2. The highest BCUT2D eigenvalue weighted by Crippen LogP contribution is 2.53. The maximum atomic E-state index is 13.8. The molecule has 0 bridgehead atoms. The van der Waals surface area contributed by atoms with Gasteiger partial charge in [-0.15, -0.1) is 0 Å². The standard InChI is InChI=1S/C26H29N3O9/c1-10(30)4-7-15(31)28-14-6-5-11-8-12-9-13-19(29(2)3)22(34)18(25(27)37)24(36)26(13,38)23(35)17(12)21(33)16(11)20(14)32/h5-6,12-13,19,32-33,36,38H,4,7-9H2,1-3H3,(H2,27,37)(H,28,31)/t12-,13-,19-,26-/m0/s1. The predicted molar refractivity (Wildman–Crippen MR) is 133 cm³/mol. The van der Waals surface area contributed by atoms with Crippen molar-refractivity contribution in [1.82, 2.24) is 4.90 Å². The zero-order chi connectivity index (χ0) is 28.3. The normalized spacial score (nSPS) is 26.6. The number of aromatic hydroxyl groups is 1. The van der Waals surface area contributed by atoms with Crippen LogP contribution >= 0.6 is 0 Å². The molecule has 0 spiro atoms. The maximum Gasteiger partial charge on any atom is 0.255 e. The fraction of sp³-hybridized carbons (Fsp3) is 0.423. The van der Waals surface area contributed by atoms with Gasteiger partial charge in [-0.1, -0.05) is 6.07 Å². The summed E-state index contributed by atoms with van der Waals surface area (Å²) in [6.07, 6.45) is 0.00765. The molecule has 2 amide bonds. The third-order valence-corrected chi connectivity index (χ3v) is 7.57. The average molecular weight is 528 g/mol. The van der Waals surface area contributed by atoms with Crippen molar-refractivity contribution in [2.24, 2.45) is 17.6 Å². The van der Waals surface area contributed by atoms with Gasteiger partial charge in [0.1, 0.15) is 28.6 Å². The largest absolute Gasteiger partial charge is 0.508 e. The van der Waals surface area contributed by atoms with Crippen molar-refractivity contribution in [2.45, 2.75) is 44.2 Å². The molecular weight excluding hydrogens is 498 g/mol. The van der Waals surface area contributed by atoms with Gasteiger partial charge in [0.25, 0.3) is 5.91 Å². The lowest BCUT2D eigenvalue weighted by atomic mass is 9.57. The number of hydrogen-bond donors (Lipinski definition) is 6. The van der Waals surface area contributed by atoms with Gasteiger partial charge in [-0.3, -0.25) is 24.1 Å². The van der Waals surface area contributed by atoms with Crippen molar-refractivity contribution in [1.29, 1.82) is 0 Å². The number of rotatable bonds is 6. The highest BCUT2D eigenvalue weighted by Gasteiger charge is 2.64. The number of benzene rings is 1. The first-order valence-corrected chi connectivity index (χ1v) is 12.0. The van der Waals surface area contributed by atoms with Crippen molar-refractivity contribution in [2.75, 3.05) is 19.4 Å². The fourth-order valence-electron chi connectivity index (χ4n) is 5.82. The number of carbonyl (C=O) groups is 5. The number of phenolic OH excluding ortho intramolecular Hbond substituents is 1. The minimum Gasteiger partial charge on any atom is -0.508 e. The van der Waals surface area contributed by atoms with E-state index in [0.717, 1.165) is 0 Å². The van der Waals surface area contributed by atoms with Crippen molar-refractivity contribution in [3.8, 4) is 5.75 Å². The van der Waals surface area contributed by atoms with Crippen LogP contribution in [-0.4, -0.2) is 80.2 Å². The Kier molecular flexibility index (Phi) is 6.66. The summed E-state index contributed by atoms with van der Waals surface area (Å²) in [5.74, 6) is -8.16. The number of nitrogens with zero attached hydrogens (tertiary/aromatic N) is 1. The summed E-state index contributed by atoms with van der Waals surface area (Å²) in [6, 6.07) is 1.83.